The molecule has 0 atom stereocenters. The van der Waals surface area contributed by atoms with Crippen molar-refractivity contribution in [3.8, 4) is 33.4 Å². The van der Waals surface area contributed by atoms with Crippen molar-refractivity contribution in [1.29, 1.82) is 0 Å². The van der Waals surface area contributed by atoms with Crippen molar-refractivity contribution in [3.05, 3.63) is 260 Å². The van der Waals surface area contributed by atoms with E-state index in [4.69, 9.17) is 0 Å². The van der Waals surface area contributed by atoms with Crippen LogP contribution >= 0.6 is 0 Å². The van der Waals surface area contributed by atoms with Gasteiger partial charge in [0.05, 0.1) is 11.4 Å². The number of rotatable bonds is 8. The Morgan fingerprint density at radius 1 is 0.449 bits per heavy atom. The summed E-state index contributed by atoms with van der Waals surface area (Å²) in [5.74, 6) is 0. The molecule has 0 radical (unpaired) electrons. The Balaban J connectivity index is 0.997. The Bertz CT molecular complexity index is 3860. The molecule has 326 valence electrons. The number of hydrogen-bond acceptors (Lipinski definition) is 2. The van der Waals surface area contributed by atoms with Crippen LogP contribution in [-0.2, 0) is 5.41 Å². The quantitative estimate of drug-likeness (QED) is 0.140. The van der Waals surface area contributed by atoms with E-state index in [9.17, 15) is 0 Å². The fourth-order valence-corrected chi connectivity index (χ4v) is 11.5. The van der Waals surface area contributed by atoms with Gasteiger partial charge in [-0.3, -0.25) is 0 Å². The van der Waals surface area contributed by atoms with E-state index in [1.165, 1.54) is 82.2 Å². The smallest absolute Gasteiger partial charge is 0.0543 e. The molecule has 0 aromatic heterocycles. The SMILES string of the molecule is CC1(C)c2ccccc2-c2ccc(N(c3ccc4c(c3)c3ccccc3c3c5ccc(N(C6=CC=CCC6)c6ccccc6-c6c#cccc6)cc5ccc43)c3ccccc3-c3ccccc3)cc21. The van der Waals surface area contributed by atoms with Crippen molar-refractivity contribution in [1.82, 2.24) is 0 Å². The summed E-state index contributed by atoms with van der Waals surface area (Å²) >= 11 is 0. The predicted octanol–water partition coefficient (Wildman–Crippen LogP) is 18.4. The van der Waals surface area contributed by atoms with Crippen molar-refractivity contribution < 1.29 is 0 Å². The molecule has 13 rings (SSSR count). The monoisotopic (exact) mass is 880 g/mol. The fourth-order valence-electron chi connectivity index (χ4n) is 11.5. The second-order valence-electron chi connectivity index (χ2n) is 19.0. The van der Waals surface area contributed by atoms with Gasteiger partial charge in [0.1, 0.15) is 0 Å². The third-order valence-electron chi connectivity index (χ3n) is 14.7. The third-order valence-corrected chi connectivity index (χ3v) is 14.7. The summed E-state index contributed by atoms with van der Waals surface area (Å²) in [5, 5.41) is 9.96. The molecule has 2 aliphatic carbocycles. The lowest BCUT2D eigenvalue weighted by molar-refractivity contribution is 0.660. The molecule has 0 unspecified atom stereocenters. The van der Waals surface area contributed by atoms with E-state index in [-0.39, 0.29) is 5.41 Å². The number of hydrogen-bond donors (Lipinski definition) is 0. The van der Waals surface area contributed by atoms with Crippen LogP contribution < -0.4 is 9.80 Å². The van der Waals surface area contributed by atoms with Crippen LogP contribution in [0.15, 0.2) is 236 Å². The minimum Gasteiger partial charge on any atom is -0.314 e. The summed E-state index contributed by atoms with van der Waals surface area (Å²) in [6.07, 6.45) is 8.68. The van der Waals surface area contributed by atoms with Gasteiger partial charge in [-0.25, -0.2) is 0 Å². The molecule has 0 amide bonds. The number of benzene rings is 10. The number of nitrogens with zero attached hydrogens (tertiary/aromatic N) is 2. The Kier molecular flexibility index (Phi) is 9.60. The van der Waals surface area contributed by atoms with Crippen LogP contribution in [0.5, 0.6) is 0 Å². The van der Waals surface area contributed by atoms with Gasteiger partial charge in [-0.15, -0.1) is 0 Å². The maximum absolute atomic E-state index is 3.38. The van der Waals surface area contributed by atoms with Gasteiger partial charge in [0.2, 0.25) is 0 Å². The van der Waals surface area contributed by atoms with Crippen molar-refractivity contribution in [2.45, 2.75) is 32.1 Å². The topological polar surface area (TPSA) is 6.48 Å². The lowest BCUT2D eigenvalue weighted by Gasteiger charge is -2.31. The van der Waals surface area contributed by atoms with Crippen LogP contribution in [0.25, 0.3) is 76.5 Å². The zero-order valence-electron chi connectivity index (χ0n) is 38.7. The predicted molar refractivity (Wildman–Crippen MR) is 292 cm³/mol. The van der Waals surface area contributed by atoms with Gasteiger partial charge >= 0.3 is 0 Å². The highest BCUT2D eigenvalue weighted by atomic mass is 15.2. The lowest BCUT2D eigenvalue weighted by atomic mass is 9.82. The minimum atomic E-state index is -0.137. The fraction of sp³-hybridized carbons (Fsp3) is 0.0746. The normalized spacial score (nSPS) is 13.6. The van der Waals surface area contributed by atoms with Crippen LogP contribution in [0, 0.1) is 12.1 Å². The lowest BCUT2D eigenvalue weighted by Crippen LogP contribution is -2.18. The van der Waals surface area contributed by atoms with Crippen LogP contribution in [0.3, 0.4) is 0 Å². The van der Waals surface area contributed by atoms with Crippen LogP contribution in [0.2, 0.25) is 0 Å². The van der Waals surface area contributed by atoms with E-state index in [1.807, 2.05) is 12.1 Å². The summed E-state index contributed by atoms with van der Waals surface area (Å²) in [7, 11) is 0. The first-order valence-corrected chi connectivity index (χ1v) is 24.1. The Labute approximate surface area is 404 Å². The molecule has 0 spiro atoms. The Morgan fingerprint density at radius 2 is 1.07 bits per heavy atom. The molecular formula is C67H48N2. The first kappa shape index (κ1) is 40.6. The van der Waals surface area contributed by atoms with Gasteiger partial charge in [0, 0.05) is 44.9 Å². The molecule has 0 N–H and O–H groups in total. The minimum absolute atomic E-state index is 0.137. The van der Waals surface area contributed by atoms with Crippen molar-refractivity contribution in [2.24, 2.45) is 0 Å². The Morgan fingerprint density at radius 3 is 1.87 bits per heavy atom. The van der Waals surface area contributed by atoms with E-state index < -0.39 is 0 Å². The average Bonchev–Trinajstić information content (AvgIpc) is 3.64. The van der Waals surface area contributed by atoms with Crippen molar-refractivity contribution >= 4 is 71.5 Å². The number of fused-ring (bicyclic) bond motifs is 11. The summed E-state index contributed by atoms with van der Waals surface area (Å²) in [5.41, 5.74) is 16.7. The summed E-state index contributed by atoms with van der Waals surface area (Å²) in [6.45, 7) is 4.73. The Hall–Kier alpha value is -8.64. The third kappa shape index (κ3) is 6.65. The zero-order chi connectivity index (χ0) is 46.1. The maximum atomic E-state index is 3.38. The van der Waals surface area contributed by atoms with Gasteiger partial charge < -0.3 is 9.80 Å². The molecule has 0 fully saturated rings. The number of allylic oxidation sites excluding steroid dienone is 4. The maximum Gasteiger partial charge on any atom is 0.0543 e. The van der Waals surface area contributed by atoms with Crippen LogP contribution in [0.4, 0.5) is 28.4 Å². The van der Waals surface area contributed by atoms with E-state index >= 15 is 0 Å². The first-order chi connectivity index (χ1) is 34.0. The molecule has 11 aromatic carbocycles. The van der Waals surface area contributed by atoms with Gasteiger partial charge in [0.25, 0.3) is 0 Å². The van der Waals surface area contributed by atoms with Crippen LogP contribution in [-0.4, -0.2) is 0 Å². The highest BCUT2D eigenvalue weighted by molar-refractivity contribution is 6.32. The molecule has 2 aliphatic rings. The summed E-state index contributed by atoms with van der Waals surface area (Å²) in [4.78, 5) is 4.93. The highest BCUT2D eigenvalue weighted by Crippen LogP contribution is 2.52. The van der Waals surface area contributed by atoms with E-state index in [2.05, 4.69) is 254 Å². The molecule has 0 bridgehead atoms. The molecule has 0 saturated heterocycles. The molecule has 2 nitrogen and oxygen atoms in total. The number of para-hydroxylation sites is 2. The van der Waals surface area contributed by atoms with Crippen LogP contribution in [0.1, 0.15) is 37.8 Å². The largest absolute Gasteiger partial charge is 0.314 e. The average molecular weight is 881 g/mol. The summed E-state index contributed by atoms with van der Waals surface area (Å²) < 4.78 is 0. The molecular weight excluding hydrogens is 833 g/mol. The number of anilines is 5. The molecule has 2 heteroatoms. The summed E-state index contributed by atoms with van der Waals surface area (Å²) in [6, 6.07) is 84.9. The van der Waals surface area contributed by atoms with Crippen molar-refractivity contribution in [2.75, 3.05) is 9.80 Å². The highest BCUT2D eigenvalue weighted by Gasteiger charge is 2.36. The van der Waals surface area contributed by atoms with E-state index in [1.54, 1.807) is 0 Å². The van der Waals surface area contributed by atoms with Gasteiger partial charge in [0.15, 0.2) is 0 Å². The molecule has 0 saturated carbocycles. The standard InChI is InChI=1S/C67H48N2/c1-67(2)62-31-17-14-29-57(62)58-41-37-51(44-63(58)67)69(65-33-19-16-27-53(65)46-22-8-4-9-23-46)50-36-40-56-60-38-34-47-42-49(35-39-54(47)66(60)59-30-13-12-28-55(59)61(56)43-50)68(48-24-10-5-11-25-48)64-32-18-15-26-52(64)45-20-6-3-7-21-45/h3-6,8-10,12-20,22-24,26-44H,11,25H2,1-2H3. The molecule has 11 aromatic rings. The first-order valence-electron chi connectivity index (χ1n) is 24.1. The molecule has 69 heavy (non-hydrogen) atoms. The second kappa shape index (κ2) is 16.3. The van der Waals surface area contributed by atoms with Gasteiger partial charge in [-0.1, -0.05) is 190 Å². The van der Waals surface area contributed by atoms with E-state index in [0.29, 0.717) is 0 Å². The molecule has 0 aliphatic heterocycles. The van der Waals surface area contributed by atoms with Gasteiger partial charge in [-0.05, 0) is 150 Å². The van der Waals surface area contributed by atoms with Crippen molar-refractivity contribution in [3.63, 3.8) is 0 Å². The van der Waals surface area contributed by atoms with E-state index in [0.717, 1.165) is 52.4 Å². The molecule has 0 heterocycles. The zero-order valence-corrected chi connectivity index (χ0v) is 38.7. The second-order valence-corrected chi connectivity index (χ2v) is 19.0. The van der Waals surface area contributed by atoms with Gasteiger partial charge in [-0.2, -0.15) is 0 Å².